The molecule has 156 valence electrons. The molecule has 2 aliphatic heterocycles. The lowest BCUT2D eigenvalue weighted by Gasteiger charge is -2.42. The summed E-state index contributed by atoms with van der Waals surface area (Å²) in [5.41, 5.74) is 1.44. The molecule has 2 aliphatic rings. The molecule has 3 rings (SSSR count). The molecular formula is C24H39N3O. The van der Waals surface area contributed by atoms with E-state index < -0.39 is 0 Å². The summed E-state index contributed by atoms with van der Waals surface area (Å²) in [6.45, 7) is 8.81. The molecule has 0 aliphatic carbocycles. The van der Waals surface area contributed by atoms with Gasteiger partial charge in [0.25, 0.3) is 0 Å². The molecule has 1 aromatic carbocycles. The number of hydrogen-bond donors (Lipinski definition) is 0. The van der Waals surface area contributed by atoms with E-state index in [1.54, 1.807) is 0 Å². The Morgan fingerprint density at radius 1 is 1.11 bits per heavy atom. The molecule has 2 heterocycles. The number of carbonyl (C=O) groups excluding carboxylic acids is 1. The summed E-state index contributed by atoms with van der Waals surface area (Å²) >= 11 is 0. The minimum atomic E-state index is 0.215. The van der Waals surface area contributed by atoms with Gasteiger partial charge >= 0.3 is 0 Å². The third kappa shape index (κ3) is 6.05. The molecule has 1 aromatic rings. The van der Waals surface area contributed by atoms with E-state index in [2.05, 4.69) is 47.1 Å². The van der Waals surface area contributed by atoms with Crippen molar-refractivity contribution in [3.8, 4) is 0 Å². The highest BCUT2D eigenvalue weighted by atomic mass is 16.2. The minimum absolute atomic E-state index is 0.215. The minimum Gasteiger partial charge on any atom is -0.345 e. The van der Waals surface area contributed by atoms with Crippen molar-refractivity contribution in [3.63, 3.8) is 0 Å². The number of likely N-dealkylation sites (tertiary alicyclic amines) is 2. The predicted molar refractivity (Wildman–Crippen MR) is 116 cm³/mol. The van der Waals surface area contributed by atoms with Gasteiger partial charge in [0.1, 0.15) is 0 Å². The molecular weight excluding hydrogens is 346 g/mol. The molecule has 2 fully saturated rings. The van der Waals surface area contributed by atoms with E-state index in [4.69, 9.17) is 0 Å². The molecule has 0 aromatic heterocycles. The smallest absolute Gasteiger partial charge is 0.226 e. The van der Waals surface area contributed by atoms with Crippen molar-refractivity contribution >= 4 is 5.91 Å². The van der Waals surface area contributed by atoms with E-state index in [0.717, 1.165) is 38.8 Å². The summed E-state index contributed by atoms with van der Waals surface area (Å²) in [4.78, 5) is 20.0. The van der Waals surface area contributed by atoms with E-state index in [1.165, 1.54) is 51.0 Å². The quantitative estimate of drug-likeness (QED) is 0.683. The van der Waals surface area contributed by atoms with Gasteiger partial charge in [-0.2, -0.15) is 0 Å². The Balaban J connectivity index is 1.41. The molecule has 28 heavy (non-hydrogen) atoms. The first-order valence-corrected chi connectivity index (χ1v) is 11.4. The van der Waals surface area contributed by atoms with E-state index in [9.17, 15) is 4.79 Å². The van der Waals surface area contributed by atoms with Crippen molar-refractivity contribution in [1.82, 2.24) is 14.7 Å². The summed E-state index contributed by atoms with van der Waals surface area (Å²) in [6, 6.07) is 11.5. The molecule has 0 unspecified atom stereocenters. The molecule has 0 radical (unpaired) electrons. The summed E-state index contributed by atoms with van der Waals surface area (Å²) in [7, 11) is 1.99. The van der Waals surface area contributed by atoms with Crippen molar-refractivity contribution in [2.24, 2.45) is 5.92 Å². The Labute approximate surface area is 171 Å². The van der Waals surface area contributed by atoms with Gasteiger partial charge in [0.2, 0.25) is 5.91 Å². The molecule has 4 heteroatoms. The Morgan fingerprint density at radius 3 is 2.57 bits per heavy atom. The van der Waals surface area contributed by atoms with Crippen LogP contribution in [-0.2, 0) is 11.2 Å². The molecule has 0 spiro atoms. The molecule has 4 nitrogen and oxygen atoms in total. The lowest BCUT2D eigenvalue weighted by molar-refractivity contribution is -0.136. The van der Waals surface area contributed by atoms with Gasteiger partial charge in [-0.05, 0) is 63.7 Å². The topological polar surface area (TPSA) is 26.8 Å². The Hall–Kier alpha value is -1.39. The average molecular weight is 386 g/mol. The summed E-state index contributed by atoms with van der Waals surface area (Å²) in [6.07, 6.45) is 8.16. The Kier molecular flexibility index (Phi) is 8.35. The van der Waals surface area contributed by atoms with Gasteiger partial charge in [-0.25, -0.2) is 0 Å². The van der Waals surface area contributed by atoms with Crippen molar-refractivity contribution in [2.45, 2.75) is 57.9 Å². The van der Waals surface area contributed by atoms with Crippen LogP contribution >= 0.6 is 0 Å². The first-order chi connectivity index (χ1) is 13.7. The highest BCUT2D eigenvalue weighted by molar-refractivity contribution is 5.78. The number of unbranched alkanes of at least 4 members (excludes halogenated alkanes) is 1. The lowest BCUT2D eigenvalue weighted by Crippen LogP contribution is -2.51. The van der Waals surface area contributed by atoms with E-state index in [1.807, 2.05) is 11.9 Å². The van der Waals surface area contributed by atoms with Crippen molar-refractivity contribution in [2.75, 3.05) is 46.3 Å². The van der Waals surface area contributed by atoms with Crippen LogP contribution in [0.15, 0.2) is 30.3 Å². The van der Waals surface area contributed by atoms with Crippen LogP contribution in [-0.4, -0.2) is 73.0 Å². The van der Waals surface area contributed by atoms with Crippen LogP contribution in [0.25, 0.3) is 0 Å². The van der Waals surface area contributed by atoms with Gasteiger partial charge in [0, 0.05) is 32.7 Å². The average Bonchev–Trinajstić information content (AvgIpc) is 2.76. The first-order valence-electron chi connectivity index (χ1n) is 11.4. The Morgan fingerprint density at radius 2 is 1.86 bits per heavy atom. The molecule has 0 bridgehead atoms. The highest BCUT2D eigenvalue weighted by Crippen LogP contribution is 2.25. The van der Waals surface area contributed by atoms with Crippen LogP contribution in [0.2, 0.25) is 0 Å². The fourth-order valence-electron chi connectivity index (χ4n) is 4.80. The van der Waals surface area contributed by atoms with Crippen LogP contribution < -0.4 is 0 Å². The van der Waals surface area contributed by atoms with Crippen LogP contribution in [0.5, 0.6) is 0 Å². The van der Waals surface area contributed by atoms with Gasteiger partial charge < -0.3 is 9.80 Å². The fourth-order valence-corrected chi connectivity index (χ4v) is 4.80. The number of rotatable bonds is 8. The normalized spacial score (nSPS) is 22.3. The van der Waals surface area contributed by atoms with Gasteiger partial charge in [0.05, 0.1) is 5.92 Å². The highest BCUT2D eigenvalue weighted by Gasteiger charge is 2.32. The van der Waals surface area contributed by atoms with E-state index >= 15 is 0 Å². The maximum absolute atomic E-state index is 12.8. The van der Waals surface area contributed by atoms with Gasteiger partial charge in [0.15, 0.2) is 0 Å². The van der Waals surface area contributed by atoms with Gasteiger partial charge in [-0.15, -0.1) is 0 Å². The maximum atomic E-state index is 12.8. The van der Waals surface area contributed by atoms with Crippen molar-refractivity contribution < 1.29 is 4.79 Å². The van der Waals surface area contributed by atoms with Crippen LogP contribution in [0, 0.1) is 5.92 Å². The maximum Gasteiger partial charge on any atom is 0.226 e. The van der Waals surface area contributed by atoms with Crippen LogP contribution in [0.3, 0.4) is 0 Å². The Bertz CT molecular complexity index is 583. The first kappa shape index (κ1) is 21.3. The monoisotopic (exact) mass is 385 g/mol. The largest absolute Gasteiger partial charge is 0.345 e. The number of amides is 1. The zero-order valence-electron chi connectivity index (χ0n) is 18.0. The number of carbonyl (C=O) groups is 1. The molecule has 0 N–H and O–H groups in total. The van der Waals surface area contributed by atoms with E-state index in [-0.39, 0.29) is 5.92 Å². The van der Waals surface area contributed by atoms with Gasteiger partial charge in [-0.3, -0.25) is 9.69 Å². The number of nitrogens with zero attached hydrogens (tertiary/aromatic N) is 3. The third-order valence-corrected chi connectivity index (χ3v) is 6.66. The number of benzene rings is 1. The second-order valence-corrected chi connectivity index (χ2v) is 8.76. The fraction of sp³-hybridized carbons (Fsp3) is 0.708. The number of hydrogen-bond acceptors (Lipinski definition) is 3. The summed E-state index contributed by atoms with van der Waals surface area (Å²) < 4.78 is 0. The second kappa shape index (κ2) is 11.0. The zero-order chi connectivity index (χ0) is 19.8. The predicted octanol–water partition coefficient (Wildman–Crippen LogP) is 3.66. The SMILES string of the molecule is CCCCN(C)C(=O)[C@@H]1CCCN(C2CCN(CCc3ccccc3)CC2)C1. The second-order valence-electron chi connectivity index (χ2n) is 8.76. The van der Waals surface area contributed by atoms with Crippen molar-refractivity contribution in [1.29, 1.82) is 0 Å². The summed E-state index contributed by atoms with van der Waals surface area (Å²) in [5.74, 6) is 0.588. The van der Waals surface area contributed by atoms with Crippen LogP contribution in [0.4, 0.5) is 0 Å². The van der Waals surface area contributed by atoms with Crippen LogP contribution in [0.1, 0.15) is 51.0 Å². The van der Waals surface area contributed by atoms with E-state index in [0.29, 0.717) is 11.9 Å². The third-order valence-electron chi connectivity index (χ3n) is 6.66. The molecule has 1 amide bonds. The molecule has 1 atom stereocenters. The lowest BCUT2D eigenvalue weighted by atomic mass is 9.92. The standard InChI is InChI=1S/C24H39N3O/c1-3-4-15-25(2)24(28)22-11-8-16-27(20-22)23-13-18-26(19-14-23)17-12-21-9-6-5-7-10-21/h5-7,9-10,22-23H,3-4,8,11-20H2,1-2H3/t22-/m1/s1. The zero-order valence-corrected chi connectivity index (χ0v) is 18.0. The van der Waals surface area contributed by atoms with Gasteiger partial charge in [-0.1, -0.05) is 43.7 Å². The summed E-state index contributed by atoms with van der Waals surface area (Å²) in [5, 5.41) is 0. The van der Waals surface area contributed by atoms with Crippen molar-refractivity contribution in [3.05, 3.63) is 35.9 Å². The number of piperidine rings is 2. The molecule has 0 saturated carbocycles. The molecule has 2 saturated heterocycles.